The van der Waals surface area contributed by atoms with Crippen LogP contribution in [0.15, 0.2) is 21.4 Å². The molecule has 1 aromatic rings. The van der Waals surface area contributed by atoms with Crippen LogP contribution < -0.4 is 5.32 Å². The Morgan fingerprint density at radius 1 is 1.32 bits per heavy atom. The average Bonchev–Trinajstić information content (AvgIpc) is 2.86. The summed E-state index contributed by atoms with van der Waals surface area (Å²) in [5.41, 5.74) is 0.449. The number of carbonyl (C=O) groups excluding carboxylic acids is 2. The Hall–Kier alpha value is -1.30. The summed E-state index contributed by atoms with van der Waals surface area (Å²) in [6.07, 6.45) is 5.16. The van der Waals surface area contributed by atoms with Gasteiger partial charge in [0.1, 0.15) is 0 Å². The van der Waals surface area contributed by atoms with Crippen molar-refractivity contribution in [1.29, 1.82) is 0 Å². The Labute approximate surface area is 120 Å². The third-order valence-corrected chi connectivity index (χ3v) is 3.81. The minimum atomic E-state index is -0.230. The van der Waals surface area contributed by atoms with E-state index in [-0.39, 0.29) is 11.8 Å². The highest BCUT2D eigenvalue weighted by Crippen LogP contribution is 2.17. The zero-order chi connectivity index (χ0) is 13.7. The van der Waals surface area contributed by atoms with E-state index < -0.39 is 0 Å². The number of furan rings is 1. The monoisotopic (exact) mass is 328 g/mol. The van der Waals surface area contributed by atoms with Gasteiger partial charge in [-0.15, -0.1) is 0 Å². The minimum absolute atomic E-state index is 0.117. The zero-order valence-electron chi connectivity index (χ0n) is 10.7. The zero-order valence-corrected chi connectivity index (χ0v) is 12.2. The number of hydrogen-bond acceptors (Lipinski definition) is 3. The molecule has 1 aliphatic heterocycles. The Kier molecular flexibility index (Phi) is 5.01. The highest BCUT2D eigenvalue weighted by atomic mass is 79.9. The highest BCUT2D eigenvalue weighted by molar-refractivity contribution is 9.10. The number of nitrogens with one attached hydrogen (secondary N) is 1. The molecule has 2 rings (SSSR count). The number of hydrogen-bond donors (Lipinski definition) is 1. The molecule has 0 spiro atoms. The molecule has 19 heavy (non-hydrogen) atoms. The van der Waals surface area contributed by atoms with Crippen LogP contribution in [0.2, 0.25) is 0 Å². The molecular weight excluding hydrogens is 312 g/mol. The SMILES string of the molecule is O=C(NCCC(=O)N1CCCCC1)c1ccoc1Br. The first-order valence-corrected chi connectivity index (χ1v) is 7.27. The van der Waals surface area contributed by atoms with Crippen LogP contribution in [-0.4, -0.2) is 36.3 Å². The highest BCUT2D eigenvalue weighted by Gasteiger charge is 2.17. The topological polar surface area (TPSA) is 62.6 Å². The van der Waals surface area contributed by atoms with Crippen LogP contribution in [0.25, 0.3) is 0 Å². The molecule has 2 heterocycles. The molecule has 0 aliphatic carbocycles. The van der Waals surface area contributed by atoms with Gasteiger partial charge in [0, 0.05) is 26.1 Å². The van der Waals surface area contributed by atoms with Crippen LogP contribution in [0.3, 0.4) is 0 Å². The summed E-state index contributed by atoms with van der Waals surface area (Å²) in [5.74, 6) is -0.113. The van der Waals surface area contributed by atoms with Gasteiger partial charge in [0.05, 0.1) is 11.8 Å². The van der Waals surface area contributed by atoms with Gasteiger partial charge in [-0.1, -0.05) is 0 Å². The molecule has 0 unspecified atom stereocenters. The molecule has 2 amide bonds. The van der Waals surface area contributed by atoms with Crippen molar-refractivity contribution in [2.24, 2.45) is 0 Å². The second-order valence-corrected chi connectivity index (χ2v) is 5.28. The smallest absolute Gasteiger partial charge is 0.255 e. The Bertz CT molecular complexity index is 452. The fourth-order valence-corrected chi connectivity index (χ4v) is 2.56. The minimum Gasteiger partial charge on any atom is -0.457 e. The molecule has 0 radical (unpaired) electrons. The first kappa shape index (κ1) is 14.1. The van der Waals surface area contributed by atoms with Crippen molar-refractivity contribution >= 4 is 27.7 Å². The van der Waals surface area contributed by atoms with Gasteiger partial charge in [-0.25, -0.2) is 0 Å². The van der Waals surface area contributed by atoms with Gasteiger partial charge in [0.15, 0.2) is 4.67 Å². The van der Waals surface area contributed by atoms with Crippen molar-refractivity contribution in [3.8, 4) is 0 Å². The first-order chi connectivity index (χ1) is 9.18. The normalized spacial score (nSPS) is 15.3. The van der Waals surface area contributed by atoms with E-state index in [0.717, 1.165) is 25.9 Å². The molecule has 0 aromatic carbocycles. The van der Waals surface area contributed by atoms with Crippen LogP contribution in [-0.2, 0) is 4.79 Å². The summed E-state index contributed by atoms with van der Waals surface area (Å²) in [5, 5.41) is 2.72. The summed E-state index contributed by atoms with van der Waals surface area (Å²) < 4.78 is 5.40. The molecule has 5 nitrogen and oxygen atoms in total. The van der Waals surface area contributed by atoms with Gasteiger partial charge in [0.25, 0.3) is 5.91 Å². The van der Waals surface area contributed by atoms with Gasteiger partial charge in [0.2, 0.25) is 5.91 Å². The molecule has 104 valence electrons. The van der Waals surface area contributed by atoms with Crippen LogP contribution in [0, 0.1) is 0 Å². The van der Waals surface area contributed by atoms with E-state index in [4.69, 9.17) is 4.42 Å². The van der Waals surface area contributed by atoms with E-state index in [2.05, 4.69) is 21.2 Å². The van der Waals surface area contributed by atoms with Crippen LogP contribution in [0.4, 0.5) is 0 Å². The second kappa shape index (κ2) is 6.75. The number of amides is 2. The predicted octanol–water partition coefficient (Wildman–Crippen LogP) is 2.17. The molecule has 1 aliphatic rings. The molecule has 1 aromatic heterocycles. The Balaban J connectivity index is 1.73. The number of nitrogens with zero attached hydrogens (tertiary/aromatic N) is 1. The number of carbonyl (C=O) groups is 2. The fraction of sp³-hybridized carbons (Fsp3) is 0.538. The number of rotatable bonds is 4. The van der Waals surface area contributed by atoms with Crippen LogP contribution >= 0.6 is 15.9 Å². The molecule has 1 saturated heterocycles. The number of likely N-dealkylation sites (tertiary alicyclic amines) is 1. The Morgan fingerprint density at radius 2 is 2.05 bits per heavy atom. The maximum Gasteiger partial charge on any atom is 0.255 e. The molecule has 0 bridgehead atoms. The second-order valence-electron chi connectivity index (χ2n) is 4.56. The standard InChI is InChI=1S/C13H17BrN2O3/c14-12-10(5-9-19-12)13(18)15-6-4-11(17)16-7-2-1-3-8-16/h5,9H,1-4,6-8H2,(H,15,18). The molecular formula is C13H17BrN2O3. The third-order valence-electron chi connectivity index (χ3n) is 3.20. The summed E-state index contributed by atoms with van der Waals surface area (Å²) in [4.78, 5) is 25.5. The maximum absolute atomic E-state index is 11.9. The van der Waals surface area contributed by atoms with E-state index >= 15 is 0 Å². The average molecular weight is 329 g/mol. The Morgan fingerprint density at radius 3 is 2.68 bits per heavy atom. The van der Waals surface area contributed by atoms with Crippen molar-refractivity contribution in [2.75, 3.05) is 19.6 Å². The van der Waals surface area contributed by atoms with Crippen LogP contribution in [0.1, 0.15) is 36.0 Å². The van der Waals surface area contributed by atoms with Gasteiger partial charge >= 0.3 is 0 Å². The summed E-state index contributed by atoms with van der Waals surface area (Å²) in [6.45, 7) is 2.05. The lowest BCUT2D eigenvalue weighted by Gasteiger charge is -2.26. The first-order valence-electron chi connectivity index (χ1n) is 6.47. The molecule has 1 fully saturated rings. The lowest BCUT2D eigenvalue weighted by molar-refractivity contribution is -0.131. The van der Waals surface area contributed by atoms with Crippen molar-refractivity contribution in [2.45, 2.75) is 25.7 Å². The predicted molar refractivity (Wildman–Crippen MR) is 73.8 cm³/mol. The molecule has 0 saturated carbocycles. The van der Waals surface area contributed by atoms with Crippen molar-refractivity contribution < 1.29 is 14.0 Å². The molecule has 1 N–H and O–H groups in total. The van der Waals surface area contributed by atoms with E-state index in [0.29, 0.717) is 23.2 Å². The summed E-state index contributed by atoms with van der Waals surface area (Å²) >= 11 is 3.15. The van der Waals surface area contributed by atoms with Crippen molar-refractivity contribution in [3.05, 3.63) is 22.6 Å². The van der Waals surface area contributed by atoms with Crippen molar-refractivity contribution in [3.63, 3.8) is 0 Å². The number of halogens is 1. The van der Waals surface area contributed by atoms with Gasteiger partial charge in [-0.05, 0) is 41.3 Å². The third kappa shape index (κ3) is 3.83. The van der Waals surface area contributed by atoms with E-state index in [1.54, 1.807) is 6.07 Å². The van der Waals surface area contributed by atoms with E-state index in [1.165, 1.54) is 12.7 Å². The van der Waals surface area contributed by atoms with E-state index in [9.17, 15) is 9.59 Å². The largest absolute Gasteiger partial charge is 0.457 e. The lowest BCUT2D eigenvalue weighted by atomic mass is 10.1. The quantitative estimate of drug-likeness (QED) is 0.921. The molecule has 0 atom stereocenters. The van der Waals surface area contributed by atoms with E-state index in [1.807, 2.05) is 4.90 Å². The lowest BCUT2D eigenvalue weighted by Crippen LogP contribution is -2.37. The van der Waals surface area contributed by atoms with Crippen molar-refractivity contribution in [1.82, 2.24) is 10.2 Å². The fourth-order valence-electron chi connectivity index (χ4n) is 2.14. The summed E-state index contributed by atoms with van der Waals surface area (Å²) in [6, 6.07) is 1.59. The molecule has 6 heteroatoms. The maximum atomic E-state index is 11.9. The van der Waals surface area contributed by atoms with Gasteiger partial charge in [-0.3, -0.25) is 9.59 Å². The summed E-state index contributed by atoms with van der Waals surface area (Å²) in [7, 11) is 0. The van der Waals surface area contributed by atoms with Gasteiger partial charge in [-0.2, -0.15) is 0 Å². The van der Waals surface area contributed by atoms with Gasteiger partial charge < -0.3 is 14.6 Å². The number of piperidine rings is 1. The van der Waals surface area contributed by atoms with Crippen LogP contribution in [0.5, 0.6) is 0 Å².